The minimum Gasteiger partial charge on any atom is -0.406 e. The van der Waals surface area contributed by atoms with Crippen molar-refractivity contribution in [3.63, 3.8) is 0 Å². The van der Waals surface area contributed by atoms with Gasteiger partial charge >= 0.3 is 6.36 Å². The summed E-state index contributed by atoms with van der Waals surface area (Å²) >= 11 is 0. The number of hydrogen-bond acceptors (Lipinski definition) is 2. The van der Waals surface area contributed by atoms with Gasteiger partial charge in [0.2, 0.25) is 5.91 Å². The molecule has 0 radical (unpaired) electrons. The predicted molar refractivity (Wildman–Crippen MR) is 74.5 cm³/mol. The molecule has 0 aromatic heterocycles. The number of hydrogen-bond donors (Lipinski definition) is 0. The molecule has 0 saturated carbocycles. The number of anilines is 1. The molecule has 0 spiro atoms. The SMILES string of the molecule is O=C1Cc2ccccc2N1Cc1cccc(OC(F)(F)F)c1. The van der Waals surface area contributed by atoms with Crippen LogP contribution in [0.15, 0.2) is 48.5 Å². The van der Waals surface area contributed by atoms with Crippen molar-refractivity contribution in [3.05, 3.63) is 59.7 Å². The summed E-state index contributed by atoms with van der Waals surface area (Å²) < 4.78 is 40.7. The summed E-state index contributed by atoms with van der Waals surface area (Å²) in [5, 5.41) is 0. The van der Waals surface area contributed by atoms with E-state index in [1.807, 2.05) is 24.3 Å². The minimum atomic E-state index is -4.73. The molecule has 0 N–H and O–H groups in total. The molecule has 0 aliphatic carbocycles. The van der Waals surface area contributed by atoms with Crippen LogP contribution in [0, 0.1) is 0 Å². The van der Waals surface area contributed by atoms with Gasteiger partial charge < -0.3 is 9.64 Å². The quantitative estimate of drug-likeness (QED) is 0.866. The van der Waals surface area contributed by atoms with Crippen LogP contribution in [-0.2, 0) is 17.8 Å². The van der Waals surface area contributed by atoms with Crippen molar-refractivity contribution < 1.29 is 22.7 Å². The number of ether oxygens (including phenoxy) is 1. The molecule has 114 valence electrons. The predicted octanol–water partition coefficient (Wildman–Crippen LogP) is 3.67. The Balaban J connectivity index is 1.82. The van der Waals surface area contributed by atoms with E-state index in [1.54, 1.807) is 11.0 Å². The van der Waals surface area contributed by atoms with E-state index < -0.39 is 6.36 Å². The second-order valence-corrected chi connectivity index (χ2v) is 4.98. The zero-order valence-corrected chi connectivity index (χ0v) is 11.4. The van der Waals surface area contributed by atoms with E-state index in [2.05, 4.69) is 4.74 Å². The maximum absolute atomic E-state index is 12.3. The smallest absolute Gasteiger partial charge is 0.406 e. The maximum Gasteiger partial charge on any atom is 0.573 e. The molecule has 0 fully saturated rings. The molecule has 0 unspecified atom stereocenters. The summed E-state index contributed by atoms with van der Waals surface area (Å²) in [5.74, 6) is -0.353. The van der Waals surface area contributed by atoms with Gasteiger partial charge in [0.1, 0.15) is 5.75 Å². The zero-order chi connectivity index (χ0) is 15.7. The lowest BCUT2D eigenvalue weighted by molar-refractivity contribution is -0.274. The number of rotatable bonds is 3. The standard InChI is InChI=1S/C16H12F3NO2/c17-16(18,19)22-13-6-3-4-11(8-13)10-20-14-7-2-1-5-12(14)9-15(20)21/h1-8H,9-10H2. The first-order valence-corrected chi connectivity index (χ1v) is 6.65. The highest BCUT2D eigenvalue weighted by Crippen LogP contribution is 2.31. The van der Waals surface area contributed by atoms with Crippen molar-refractivity contribution in [2.45, 2.75) is 19.3 Å². The van der Waals surface area contributed by atoms with Crippen molar-refractivity contribution in [2.75, 3.05) is 4.90 Å². The molecule has 0 saturated heterocycles. The van der Waals surface area contributed by atoms with Crippen molar-refractivity contribution in [1.29, 1.82) is 0 Å². The third-order valence-corrected chi connectivity index (χ3v) is 3.40. The van der Waals surface area contributed by atoms with E-state index in [0.29, 0.717) is 12.0 Å². The Hall–Kier alpha value is -2.50. The number of nitrogens with zero attached hydrogens (tertiary/aromatic N) is 1. The fourth-order valence-corrected chi connectivity index (χ4v) is 2.51. The Bertz CT molecular complexity index is 713. The van der Waals surface area contributed by atoms with E-state index in [9.17, 15) is 18.0 Å². The van der Waals surface area contributed by atoms with Crippen LogP contribution in [0.1, 0.15) is 11.1 Å². The van der Waals surface area contributed by atoms with Gasteiger partial charge in [-0.15, -0.1) is 13.2 Å². The number of carbonyl (C=O) groups excluding carboxylic acids is 1. The van der Waals surface area contributed by atoms with Gasteiger partial charge in [-0.3, -0.25) is 4.79 Å². The highest BCUT2D eigenvalue weighted by atomic mass is 19.4. The number of amides is 1. The third-order valence-electron chi connectivity index (χ3n) is 3.40. The fraction of sp³-hybridized carbons (Fsp3) is 0.188. The van der Waals surface area contributed by atoms with Crippen molar-refractivity contribution >= 4 is 11.6 Å². The molecule has 2 aromatic carbocycles. The molecule has 1 aliphatic heterocycles. The molecule has 0 bridgehead atoms. The van der Waals surface area contributed by atoms with Crippen molar-refractivity contribution in [1.82, 2.24) is 0 Å². The zero-order valence-electron chi connectivity index (χ0n) is 11.4. The van der Waals surface area contributed by atoms with Gasteiger partial charge in [-0.05, 0) is 29.3 Å². The normalized spacial score (nSPS) is 14.1. The summed E-state index contributed by atoms with van der Waals surface area (Å²) in [6.07, 6.45) is -4.41. The fourth-order valence-electron chi connectivity index (χ4n) is 2.51. The average Bonchev–Trinajstić information content (AvgIpc) is 2.74. The Morgan fingerprint density at radius 2 is 1.86 bits per heavy atom. The lowest BCUT2D eigenvalue weighted by Crippen LogP contribution is -2.26. The topological polar surface area (TPSA) is 29.5 Å². The van der Waals surface area contributed by atoms with Crippen LogP contribution in [0.3, 0.4) is 0 Å². The van der Waals surface area contributed by atoms with E-state index in [1.165, 1.54) is 18.2 Å². The van der Waals surface area contributed by atoms with Crippen LogP contribution in [0.4, 0.5) is 18.9 Å². The molecule has 0 atom stereocenters. The minimum absolute atomic E-state index is 0.0663. The summed E-state index contributed by atoms with van der Waals surface area (Å²) in [4.78, 5) is 13.6. The van der Waals surface area contributed by atoms with Gasteiger partial charge in [0.25, 0.3) is 0 Å². The summed E-state index contributed by atoms with van der Waals surface area (Å²) in [5.41, 5.74) is 2.30. The molecule has 3 rings (SSSR count). The first-order valence-electron chi connectivity index (χ1n) is 6.65. The lowest BCUT2D eigenvalue weighted by Gasteiger charge is -2.18. The lowest BCUT2D eigenvalue weighted by atomic mass is 10.1. The second-order valence-electron chi connectivity index (χ2n) is 4.98. The third kappa shape index (κ3) is 3.05. The van der Waals surface area contributed by atoms with Crippen LogP contribution in [0.25, 0.3) is 0 Å². The average molecular weight is 307 g/mol. The van der Waals surface area contributed by atoms with E-state index in [0.717, 1.165) is 11.3 Å². The highest BCUT2D eigenvalue weighted by molar-refractivity contribution is 6.01. The van der Waals surface area contributed by atoms with Crippen LogP contribution in [-0.4, -0.2) is 12.3 Å². The number of alkyl halides is 3. The van der Waals surface area contributed by atoms with Gasteiger partial charge in [0.05, 0.1) is 13.0 Å². The van der Waals surface area contributed by atoms with Gasteiger partial charge in [-0.25, -0.2) is 0 Å². The summed E-state index contributed by atoms with van der Waals surface area (Å²) in [6, 6.07) is 13.0. The van der Waals surface area contributed by atoms with E-state index in [-0.39, 0.29) is 18.2 Å². The molecule has 1 heterocycles. The highest BCUT2D eigenvalue weighted by Gasteiger charge is 2.31. The van der Waals surface area contributed by atoms with Crippen molar-refractivity contribution in [3.8, 4) is 5.75 Å². The monoisotopic (exact) mass is 307 g/mol. The van der Waals surface area contributed by atoms with Gasteiger partial charge in [0, 0.05) is 5.69 Å². The number of halogens is 3. The van der Waals surface area contributed by atoms with Crippen LogP contribution in [0.2, 0.25) is 0 Å². The van der Waals surface area contributed by atoms with E-state index >= 15 is 0 Å². The Morgan fingerprint density at radius 3 is 2.64 bits per heavy atom. The Morgan fingerprint density at radius 1 is 1.09 bits per heavy atom. The molecule has 1 amide bonds. The van der Waals surface area contributed by atoms with Crippen LogP contribution in [0.5, 0.6) is 5.75 Å². The number of carbonyl (C=O) groups is 1. The largest absolute Gasteiger partial charge is 0.573 e. The molecule has 3 nitrogen and oxygen atoms in total. The Kier molecular flexibility index (Phi) is 3.52. The van der Waals surface area contributed by atoms with Gasteiger partial charge in [-0.1, -0.05) is 30.3 Å². The Labute approximate surface area is 124 Å². The number of fused-ring (bicyclic) bond motifs is 1. The molecule has 22 heavy (non-hydrogen) atoms. The van der Waals surface area contributed by atoms with Gasteiger partial charge in [-0.2, -0.15) is 0 Å². The maximum atomic E-state index is 12.3. The number of para-hydroxylation sites is 1. The first kappa shape index (κ1) is 14.4. The second kappa shape index (κ2) is 5.36. The molecular weight excluding hydrogens is 295 g/mol. The molecule has 6 heteroatoms. The van der Waals surface area contributed by atoms with Gasteiger partial charge in [0.15, 0.2) is 0 Å². The summed E-state index contributed by atoms with van der Waals surface area (Å²) in [7, 11) is 0. The summed E-state index contributed by atoms with van der Waals surface area (Å²) in [6.45, 7) is 0.213. The van der Waals surface area contributed by atoms with Crippen molar-refractivity contribution in [2.24, 2.45) is 0 Å². The number of benzene rings is 2. The molecular formula is C16H12F3NO2. The molecule has 2 aromatic rings. The first-order chi connectivity index (χ1) is 10.4. The van der Waals surface area contributed by atoms with Crippen LogP contribution < -0.4 is 9.64 Å². The van der Waals surface area contributed by atoms with E-state index in [4.69, 9.17) is 0 Å². The van der Waals surface area contributed by atoms with Crippen LogP contribution >= 0.6 is 0 Å². The molecule has 1 aliphatic rings.